The number of rotatable bonds is 6. The van der Waals surface area contributed by atoms with E-state index in [1.807, 2.05) is 24.3 Å². The van der Waals surface area contributed by atoms with E-state index in [9.17, 15) is 4.79 Å². The summed E-state index contributed by atoms with van der Waals surface area (Å²) in [6, 6.07) is 14.0. The van der Waals surface area contributed by atoms with Crippen molar-refractivity contribution in [1.29, 1.82) is 0 Å². The number of aromatic amines is 1. The SMILES string of the molecule is COc1cc(N2CCN3CCCC3C2)ccc1Nc1nc(Cc2c(Cl)cccc2Cl)cc2cn[nH]c(=O)c12.[Zn]. The number of nitrogens with zero attached hydrogens (tertiary/aromatic N) is 4. The van der Waals surface area contributed by atoms with Gasteiger partial charge >= 0.3 is 0 Å². The van der Waals surface area contributed by atoms with Crippen molar-refractivity contribution < 1.29 is 24.2 Å². The molecule has 0 aliphatic carbocycles. The predicted octanol–water partition coefficient (Wildman–Crippen LogP) is 5.25. The maximum absolute atomic E-state index is 12.8. The zero-order valence-electron chi connectivity index (χ0n) is 21.7. The van der Waals surface area contributed by atoms with Crippen LogP contribution in [0.15, 0.2) is 53.5 Å². The number of hydrogen-bond donors (Lipinski definition) is 2. The molecule has 1 atom stereocenters. The van der Waals surface area contributed by atoms with Crippen molar-refractivity contribution in [2.75, 3.05) is 43.5 Å². The number of hydrogen-bond acceptors (Lipinski definition) is 7. The van der Waals surface area contributed by atoms with E-state index in [1.54, 1.807) is 25.4 Å². The Hall–Kier alpha value is -2.71. The summed E-state index contributed by atoms with van der Waals surface area (Å²) in [4.78, 5) is 22.6. The van der Waals surface area contributed by atoms with Crippen LogP contribution in [0.25, 0.3) is 10.8 Å². The Labute approximate surface area is 249 Å². The fourth-order valence-electron chi connectivity index (χ4n) is 5.57. The van der Waals surface area contributed by atoms with Crippen molar-refractivity contribution in [2.24, 2.45) is 0 Å². The molecule has 11 heteroatoms. The monoisotopic (exact) mass is 614 g/mol. The minimum Gasteiger partial charge on any atom is -0.494 e. The first kappa shape index (κ1) is 27.8. The summed E-state index contributed by atoms with van der Waals surface area (Å²) < 4.78 is 5.77. The first-order valence-corrected chi connectivity index (χ1v) is 13.5. The molecule has 0 amide bonds. The second kappa shape index (κ2) is 11.8. The van der Waals surface area contributed by atoms with Crippen LogP contribution in [0.1, 0.15) is 24.1 Å². The maximum Gasteiger partial charge on any atom is 0.275 e. The summed E-state index contributed by atoms with van der Waals surface area (Å²) in [6.07, 6.45) is 4.55. The first-order valence-electron chi connectivity index (χ1n) is 12.7. The number of benzene rings is 2. The smallest absolute Gasteiger partial charge is 0.275 e. The first-order chi connectivity index (χ1) is 18.5. The van der Waals surface area contributed by atoms with Crippen LogP contribution >= 0.6 is 23.2 Å². The van der Waals surface area contributed by atoms with Crippen LogP contribution in [-0.4, -0.2) is 59.4 Å². The summed E-state index contributed by atoms with van der Waals surface area (Å²) in [6.45, 7) is 4.31. The topological polar surface area (TPSA) is 86.4 Å². The third kappa shape index (κ3) is 5.64. The van der Waals surface area contributed by atoms with E-state index in [2.05, 4.69) is 31.4 Å². The number of piperazine rings is 1. The largest absolute Gasteiger partial charge is 0.494 e. The number of nitrogens with one attached hydrogen (secondary N) is 2. The molecule has 2 aliphatic rings. The fraction of sp³-hybridized carbons (Fsp3) is 0.321. The van der Waals surface area contributed by atoms with Crippen LogP contribution in [0.4, 0.5) is 17.2 Å². The van der Waals surface area contributed by atoms with Gasteiger partial charge in [0.15, 0.2) is 0 Å². The fourth-order valence-corrected chi connectivity index (χ4v) is 6.10. The summed E-state index contributed by atoms with van der Waals surface area (Å²) in [5.41, 5.74) is 2.99. The van der Waals surface area contributed by atoms with Crippen molar-refractivity contribution in [3.05, 3.63) is 80.3 Å². The van der Waals surface area contributed by atoms with E-state index in [0.29, 0.717) is 56.2 Å². The van der Waals surface area contributed by atoms with Crippen LogP contribution in [-0.2, 0) is 25.9 Å². The Morgan fingerprint density at radius 2 is 1.95 bits per heavy atom. The van der Waals surface area contributed by atoms with Gasteiger partial charge in [0.05, 0.1) is 24.4 Å². The molecule has 2 fully saturated rings. The predicted molar refractivity (Wildman–Crippen MR) is 153 cm³/mol. The molecule has 198 valence electrons. The standard InChI is InChI=1S/C28H28Cl2N6O2.Zn/c1-38-25-14-19(36-11-10-35-9-3-4-20(35)16-36)7-8-24(25)33-27-26-17(15-31-34-28(26)37)12-18(32-27)13-21-22(29)5-2-6-23(21)30;/h2,5-8,12,14-15,20H,3-4,9-11,13,16H2,1H3,(H,32,33)(H,34,37);. The molecule has 2 saturated heterocycles. The number of ether oxygens (including phenoxy) is 1. The van der Waals surface area contributed by atoms with E-state index in [-0.39, 0.29) is 25.0 Å². The molecular weight excluding hydrogens is 589 g/mol. The molecule has 2 aliphatic heterocycles. The molecule has 2 aromatic heterocycles. The van der Waals surface area contributed by atoms with Gasteiger partial charge in [-0.2, -0.15) is 5.10 Å². The zero-order valence-corrected chi connectivity index (χ0v) is 26.2. The molecule has 4 aromatic rings. The third-order valence-electron chi connectivity index (χ3n) is 7.51. The van der Waals surface area contributed by atoms with Gasteiger partial charge in [-0.3, -0.25) is 9.69 Å². The van der Waals surface area contributed by atoms with E-state index in [4.69, 9.17) is 32.9 Å². The number of halogens is 2. The van der Waals surface area contributed by atoms with Crippen molar-refractivity contribution in [1.82, 2.24) is 20.1 Å². The van der Waals surface area contributed by atoms with Gasteiger partial charge in [-0.25, -0.2) is 10.1 Å². The number of pyridine rings is 1. The second-order valence-corrected chi connectivity index (χ2v) is 10.6. The van der Waals surface area contributed by atoms with E-state index in [1.165, 1.54) is 19.4 Å². The van der Waals surface area contributed by atoms with Gasteiger partial charge in [0, 0.05) is 84.5 Å². The molecule has 6 rings (SSSR count). The quantitative estimate of drug-likeness (QED) is 0.286. The van der Waals surface area contributed by atoms with Gasteiger partial charge in [0.25, 0.3) is 5.56 Å². The molecule has 0 spiro atoms. The molecule has 2 N–H and O–H groups in total. The minimum absolute atomic E-state index is 0. The molecule has 39 heavy (non-hydrogen) atoms. The van der Waals surface area contributed by atoms with E-state index in [0.717, 1.165) is 30.9 Å². The normalized spacial score (nSPS) is 17.1. The van der Waals surface area contributed by atoms with Crippen molar-refractivity contribution in [3.63, 3.8) is 0 Å². The van der Waals surface area contributed by atoms with Gasteiger partial charge < -0.3 is 15.0 Å². The van der Waals surface area contributed by atoms with Crippen LogP contribution in [0.5, 0.6) is 5.75 Å². The van der Waals surface area contributed by atoms with Gasteiger partial charge in [-0.15, -0.1) is 0 Å². The number of fused-ring (bicyclic) bond motifs is 2. The average molecular weight is 617 g/mol. The zero-order chi connectivity index (χ0) is 26.2. The number of H-pyrrole nitrogens is 1. The van der Waals surface area contributed by atoms with Gasteiger partial charge in [0.2, 0.25) is 0 Å². The van der Waals surface area contributed by atoms with E-state index < -0.39 is 0 Å². The molecule has 8 nitrogen and oxygen atoms in total. The van der Waals surface area contributed by atoms with Crippen molar-refractivity contribution in [2.45, 2.75) is 25.3 Å². The van der Waals surface area contributed by atoms with Crippen LogP contribution < -0.4 is 20.5 Å². The second-order valence-electron chi connectivity index (χ2n) is 9.79. The molecule has 0 saturated carbocycles. The van der Waals surface area contributed by atoms with Crippen LogP contribution in [0, 0.1) is 0 Å². The van der Waals surface area contributed by atoms with E-state index >= 15 is 0 Å². The van der Waals surface area contributed by atoms with Gasteiger partial charge in [-0.1, -0.05) is 29.3 Å². The Balaban J connectivity index is 0.00000308. The number of methoxy groups -OCH3 is 1. The molecule has 1 unspecified atom stereocenters. The molecule has 0 radical (unpaired) electrons. The minimum atomic E-state index is -0.329. The Morgan fingerprint density at radius 3 is 2.74 bits per heavy atom. The van der Waals surface area contributed by atoms with Crippen molar-refractivity contribution in [3.8, 4) is 5.75 Å². The van der Waals surface area contributed by atoms with Gasteiger partial charge in [0.1, 0.15) is 11.6 Å². The Morgan fingerprint density at radius 1 is 1.13 bits per heavy atom. The number of aromatic nitrogens is 3. The Kier molecular flexibility index (Phi) is 8.43. The summed E-state index contributed by atoms with van der Waals surface area (Å²) in [5.74, 6) is 1.09. The maximum atomic E-state index is 12.8. The summed E-state index contributed by atoms with van der Waals surface area (Å²) in [5, 5.41) is 12.1. The molecule has 4 heterocycles. The summed E-state index contributed by atoms with van der Waals surface area (Å²) in [7, 11) is 1.65. The molecule has 0 bridgehead atoms. The molecular formula is C28H28Cl2N6O2Zn. The average Bonchev–Trinajstić information content (AvgIpc) is 3.39. The Bertz CT molecular complexity index is 1550. The van der Waals surface area contributed by atoms with Gasteiger partial charge in [-0.05, 0) is 55.3 Å². The van der Waals surface area contributed by atoms with Crippen LogP contribution in [0.2, 0.25) is 10.0 Å². The number of anilines is 3. The van der Waals surface area contributed by atoms with Crippen LogP contribution in [0.3, 0.4) is 0 Å². The van der Waals surface area contributed by atoms with Crippen molar-refractivity contribution >= 4 is 51.2 Å². The molecule has 2 aromatic carbocycles. The third-order valence-corrected chi connectivity index (χ3v) is 8.22. The summed E-state index contributed by atoms with van der Waals surface area (Å²) >= 11 is 12.8.